The van der Waals surface area contributed by atoms with Crippen LogP contribution >= 0.6 is 0 Å². The Morgan fingerprint density at radius 1 is 1.06 bits per heavy atom. The summed E-state index contributed by atoms with van der Waals surface area (Å²) in [6.07, 6.45) is 2.27. The predicted molar refractivity (Wildman–Crippen MR) is 124 cm³/mol. The van der Waals surface area contributed by atoms with Crippen molar-refractivity contribution in [2.75, 3.05) is 26.7 Å². The summed E-state index contributed by atoms with van der Waals surface area (Å²) in [6, 6.07) is 16.4. The van der Waals surface area contributed by atoms with Gasteiger partial charge < -0.3 is 15.0 Å². The number of benzene rings is 2. The van der Waals surface area contributed by atoms with Crippen LogP contribution in [0.2, 0.25) is 0 Å². The second-order valence-electron chi connectivity index (χ2n) is 8.76. The normalized spacial score (nSPS) is 18.7. The van der Waals surface area contributed by atoms with E-state index in [-0.39, 0.29) is 17.7 Å². The fourth-order valence-electron chi connectivity index (χ4n) is 4.43. The lowest BCUT2D eigenvalue weighted by Crippen LogP contribution is -2.55. The fourth-order valence-corrected chi connectivity index (χ4v) is 4.43. The van der Waals surface area contributed by atoms with Crippen molar-refractivity contribution in [2.24, 2.45) is 11.3 Å². The average molecular weight is 423 g/mol. The van der Waals surface area contributed by atoms with Crippen LogP contribution in [0.5, 0.6) is 5.75 Å². The Hall–Kier alpha value is -2.82. The molecule has 1 saturated heterocycles. The summed E-state index contributed by atoms with van der Waals surface area (Å²) < 4.78 is 5.24. The van der Waals surface area contributed by atoms with Crippen molar-refractivity contribution in [3.05, 3.63) is 54.1 Å². The monoisotopic (exact) mass is 422 g/mol. The number of hydrogen-bond acceptors (Lipinski definition) is 3. The molecule has 5 heteroatoms. The van der Waals surface area contributed by atoms with Crippen LogP contribution in [0.25, 0.3) is 11.1 Å². The molecule has 0 bridgehead atoms. The molecule has 0 unspecified atom stereocenters. The van der Waals surface area contributed by atoms with Crippen molar-refractivity contribution in [1.29, 1.82) is 0 Å². The number of carbonyl (C=O) groups is 2. The molecular formula is C26H34N2O3. The summed E-state index contributed by atoms with van der Waals surface area (Å²) in [5.41, 5.74) is 2.78. The number of hydrogen-bond donors (Lipinski definition) is 1. The van der Waals surface area contributed by atoms with Gasteiger partial charge in [-0.05, 0) is 55.0 Å². The molecule has 0 spiro atoms. The first-order valence-corrected chi connectivity index (χ1v) is 11.2. The highest BCUT2D eigenvalue weighted by atomic mass is 16.5. The molecule has 1 heterocycles. The molecule has 1 aliphatic heterocycles. The van der Waals surface area contributed by atoms with Crippen molar-refractivity contribution in [3.8, 4) is 16.9 Å². The standard InChI is InChI=1S/C26H34N2O3/c1-5-27-25(30)26(15-6-16-28(18-26)24(29)19(2)3)17-20-7-9-21(10-8-20)22-11-13-23(31-4)14-12-22/h7-14,19H,5-6,15-18H2,1-4H3,(H,27,30)/t26-/m0/s1. The summed E-state index contributed by atoms with van der Waals surface area (Å²) in [5, 5.41) is 3.02. The number of nitrogens with one attached hydrogen (secondary N) is 1. The highest BCUT2D eigenvalue weighted by Crippen LogP contribution is 2.35. The van der Waals surface area contributed by atoms with E-state index in [9.17, 15) is 9.59 Å². The molecule has 1 atom stereocenters. The molecule has 0 radical (unpaired) electrons. The molecule has 3 rings (SSSR count). The Morgan fingerprint density at radius 3 is 2.23 bits per heavy atom. The van der Waals surface area contributed by atoms with Gasteiger partial charge in [0.15, 0.2) is 0 Å². The number of piperidine rings is 1. The van der Waals surface area contributed by atoms with E-state index in [2.05, 4.69) is 29.6 Å². The van der Waals surface area contributed by atoms with Gasteiger partial charge >= 0.3 is 0 Å². The molecule has 2 aromatic rings. The summed E-state index contributed by atoms with van der Waals surface area (Å²) in [6.45, 7) is 7.58. The molecule has 1 fully saturated rings. The minimum Gasteiger partial charge on any atom is -0.497 e. The van der Waals surface area contributed by atoms with Crippen LogP contribution < -0.4 is 10.1 Å². The van der Waals surface area contributed by atoms with Crippen LogP contribution in [-0.2, 0) is 16.0 Å². The molecule has 0 aliphatic carbocycles. The minimum atomic E-state index is -0.583. The van der Waals surface area contributed by atoms with E-state index >= 15 is 0 Å². The topological polar surface area (TPSA) is 58.6 Å². The molecule has 31 heavy (non-hydrogen) atoms. The number of amides is 2. The van der Waals surface area contributed by atoms with Gasteiger partial charge in [0.1, 0.15) is 5.75 Å². The Labute approximate surface area is 185 Å². The maximum atomic E-state index is 13.2. The van der Waals surface area contributed by atoms with Crippen molar-refractivity contribution in [2.45, 2.75) is 40.0 Å². The van der Waals surface area contributed by atoms with Gasteiger partial charge in [0, 0.05) is 25.6 Å². The Balaban J connectivity index is 1.82. The number of likely N-dealkylation sites (tertiary alicyclic amines) is 1. The van der Waals surface area contributed by atoms with Crippen LogP contribution in [0.4, 0.5) is 0 Å². The molecule has 1 N–H and O–H groups in total. The number of nitrogens with zero attached hydrogens (tertiary/aromatic N) is 1. The quantitative estimate of drug-likeness (QED) is 0.724. The third-order valence-electron chi connectivity index (χ3n) is 6.12. The Morgan fingerprint density at radius 2 is 1.68 bits per heavy atom. The SMILES string of the molecule is CCNC(=O)[C@]1(Cc2ccc(-c3ccc(OC)cc3)cc2)CCCN(C(=O)C(C)C)C1. The number of rotatable bonds is 7. The lowest BCUT2D eigenvalue weighted by Gasteiger charge is -2.42. The summed E-state index contributed by atoms with van der Waals surface area (Å²) in [4.78, 5) is 27.7. The molecule has 0 aromatic heterocycles. The maximum Gasteiger partial charge on any atom is 0.228 e. The molecule has 5 nitrogen and oxygen atoms in total. The average Bonchev–Trinajstić information content (AvgIpc) is 2.79. The fraction of sp³-hybridized carbons (Fsp3) is 0.462. The molecule has 0 saturated carbocycles. The van der Waals surface area contributed by atoms with Crippen molar-refractivity contribution in [1.82, 2.24) is 10.2 Å². The first-order valence-electron chi connectivity index (χ1n) is 11.2. The van der Waals surface area contributed by atoms with Crippen LogP contribution in [0.15, 0.2) is 48.5 Å². The lowest BCUT2D eigenvalue weighted by atomic mass is 9.74. The largest absolute Gasteiger partial charge is 0.497 e. The van der Waals surface area contributed by atoms with Gasteiger partial charge in [0.05, 0.1) is 12.5 Å². The Kier molecular flexibility index (Phi) is 7.37. The lowest BCUT2D eigenvalue weighted by molar-refractivity contribution is -0.143. The third-order valence-corrected chi connectivity index (χ3v) is 6.12. The van der Waals surface area contributed by atoms with Gasteiger partial charge in [-0.3, -0.25) is 9.59 Å². The molecule has 2 aromatic carbocycles. The van der Waals surface area contributed by atoms with E-state index in [1.165, 1.54) is 0 Å². The maximum absolute atomic E-state index is 13.2. The highest BCUT2D eigenvalue weighted by Gasteiger charge is 2.43. The zero-order valence-electron chi connectivity index (χ0n) is 19.1. The number of carbonyl (C=O) groups excluding carboxylic acids is 2. The van der Waals surface area contributed by atoms with E-state index in [1.54, 1.807) is 7.11 Å². The van der Waals surface area contributed by atoms with E-state index in [0.29, 0.717) is 19.5 Å². The van der Waals surface area contributed by atoms with Gasteiger partial charge in [-0.15, -0.1) is 0 Å². The second kappa shape index (κ2) is 9.99. The molecule has 166 valence electrons. The van der Waals surface area contributed by atoms with Gasteiger partial charge in [-0.1, -0.05) is 50.2 Å². The summed E-state index contributed by atoms with van der Waals surface area (Å²) in [5.74, 6) is 0.953. The summed E-state index contributed by atoms with van der Waals surface area (Å²) >= 11 is 0. The van der Waals surface area contributed by atoms with E-state index < -0.39 is 5.41 Å². The van der Waals surface area contributed by atoms with Crippen molar-refractivity contribution in [3.63, 3.8) is 0 Å². The predicted octanol–water partition coefficient (Wildman–Crippen LogP) is 4.31. The van der Waals surface area contributed by atoms with Crippen LogP contribution in [0.3, 0.4) is 0 Å². The zero-order chi connectivity index (χ0) is 22.4. The highest BCUT2D eigenvalue weighted by molar-refractivity contribution is 5.85. The van der Waals surface area contributed by atoms with E-state index in [0.717, 1.165) is 41.8 Å². The van der Waals surface area contributed by atoms with Crippen LogP contribution in [0.1, 0.15) is 39.2 Å². The zero-order valence-corrected chi connectivity index (χ0v) is 19.1. The Bertz CT molecular complexity index is 890. The van der Waals surface area contributed by atoms with Gasteiger partial charge in [-0.25, -0.2) is 0 Å². The molecule has 1 aliphatic rings. The smallest absolute Gasteiger partial charge is 0.228 e. The van der Waals surface area contributed by atoms with E-state index in [4.69, 9.17) is 4.74 Å². The van der Waals surface area contributed by atoms with Crippen molar-refractivity contribution < 1.29 is 14.3 Å². The third kappa shape index (κ3) is 5.27. The number of methoxy groups -OCH3 is 1. The number of ether oxygens (including phenoxy) is 1. The van der Waals surface area contributed by atoms with Crippen LogP contribution in [0, 0.1) is 11.3 Å². The van der Waals surface area contributed by atoms with Gasteiger partial charge in [0.2, 0.25) is 11.8 Å². The first-order chi connectivity index (χ1) is 14.9. The van der Waals surface area contributed by atoms with Crippen LogP contribution in [-0.4, -0.2) is 43.5 Å². The first kappa shape index (κ1) is 22.9. The van der Waals surface area contributed by atoms with E-state index in [1.807, 2.05) is 49.9 Å². The summed E-state index contributed by atoms with van der Waals surface area (Å²) in [7, 11) is 1.66. The van der Waals surface area contributed by atoms with Gasteiger partial charge in [0.25, 0.3) is 0 Å². The van der Waals surface area contributed by atoms with Gasteiger partial charge in [-0.2, -0.15) is 0 Å². The molecule has 2 amide bonds. The molecular weight excluding hydrogens is 388 g/mol. The second-order valence-corrected chi connectivity index (χ2v) is 8.76. The van der Waals surface area contributed by atoms with Crippen molar-refractivity contribution >= 4 is 11.8 Å². The minimum absolute atomic E-state index is 0.0514.